The van der Waals surface area contributed by atoms with E-state index in [0.717, 1.165) is 22.4 Å². The molecule has 3 aromatic rings. The molecule has 5 heteroatoms. The number of rotatable bonds is 6. The molecule has 0 atom stereocenters. The molecular formula is C24H22FNO3. The zero-order valence-electron chi connectivity index (χ0n) is 16.6. The Hall–Kier alpha value is -3.47. The number of amides is 1. The van der Waals surface area contributed by atoms with E-state index in [-0.39, 0.29) is 24.1 Å². The fraction of sp³-hybridized carbons (Fsp3) is 0.167. The number of benzene rings is 3. The van der Waals surface area contributed by atoms with E-state index < -0.39 is 0 Å². The molecule has 0 aliphatic rings. The van der Waals surface area contributed by atoms with E-state index in [9.17, 15) is 14.0 Å². The van der Waals surface area contributed by atoms with Gasteiger partial charge in [0.2, 0.25) is 0 Å². The normalized spacial score (nSPS) is 10.5. The van der Waals surface area contributed by atoms with Crippen LogP contribution in [-0.2, 0) is 4.79 Å². The average molecular weight is 391 g/mol. The Morgan fingerprint density at radius 2 is 1.38 bits per heavy atom. The van der Waals surface area contributed by atoms with Gasteiger partial charge in [-0.25, -0.2) is 4.39 Å². The van der Waals surface area contributed by atoms with E-state index in [0.29, 0.717) is 16.9 Å². The number of hydrogen-bond acceptors (Lipinski definition) is 3. The van der Waals surface area contributed by atoms with Gasteiger partial charge < -0.3 is 10.1 Å². The molecule has 4 nitrogen and oxygen atoms in total. The van der Waals surface area contributed by atoms with Crippen molar-refractivity contribution < 1.29 is 18.7 Å². The zero-order chi connectivity index (χ0) is 21.0. The van der Waals surface area contributed by atoms with E-state index in [4.69, 9.17) is 4.74 Å². The van der Waals surface area contributed by atoms with Crippen molar-refractivity contribution in [3.05, 3.63) is 94.3 Å². The summed E-state index contributed by atoms with van der Waals surface area (Å²) in [6, 6.07) is 15.9. The smallest absolute Gasteiger partial charge is 0.262 e. The molecule has 3 rings (SSSR count). The lowest BCUT2D eigenvalue weighted by Crippen LogP contribution is -2.21. The molecule has 0 heterocycles. The Morgan fingerprint density at radius 1 is 0.862 bits per heavy atom. The SMILES string of the molecule is Cc1cc(C)c(NC(=O)COc2ccc(C(=O)c3ccc(F)cc3)cc2)c(C)c1. The van der Waals surface area contributed by atoms with Crippen LogP contribution < -0.4 is 10.1 Å². The monoisotopic (exact) mass is 391 g/mol. The van der Waals surface area contributed by atoms with Gasteiger partial charge >= 0.3 is 0 Å². The zero-order valence-corrected chi connectivity index (χ0v) is 16.6. The van der Waals surface area contributed by atoms with E-state index in [1.165, 1.54) is 24.3 Å². The summed E-state index contributed by atoms with van der Waals surface area (Å²) in [7, 11) is 0. The Morgan fingerprint density at radius 3 is 1.93 bits per heavy atom. The lowest BCUT2D eigenvalue weighted by Gasteiger charge is -2.13. The molecule has 29 heavy (non-hydrogen) atoms. The molecule has 1 N–H and O–H groups in total. The molecular weight excluding hydrogens is 369 g/mol. The molecule has 148 valence electrons. The highest BCUT2D eigenvalue weighted by molar-refractivity contribution is 6.09. The minimum Gasteiger partial charge on any atom is -0.484 e. The summed E-state index contributed by atoms with van der Waals surface area (Å²) in [6.07, 6.45) is 0. The van der Waals surface area contributed by atoms with Crippen LogP contribution in [0.3, 0.4) is 0 Å². The number of aryl methyl sites for hydroxylation is 3. The highest BCUT2D eigenvalue weighted by Gasteiger charge is 2.11. The first-order valence-electron chi connectivity index (χ1n) is 9.24. The molecule has 0 unspecified atom stereocenters. The van der Waals surface area contributed by atoms with Gasteiger partial charge in [-0.2, -0.15) is 0 Å². The average Bonchev–Trinajstić information content (AvgIpc) is 2.69. The number of ether oxygens (including phenoxy) is 1. The van der Waals surface area contributed by atoms with Crippen LogP contribution in [0.15, 0.2) is 60.7 Å². The van der Waals surface area contributed by atoms with Gasteiger partial charge in [0, 0.05) is 16.8 Å². The first kappa shape index (κ1) is 20.3. The topological polar surface area (TPSA) is 55.4 Å². The summed E-state index contributed by atoms with van der Waals surface area (Å²) < 4.78 is 18.5. The molecule has 0 aliphatic carbocycles. The third-order valence-corrected chi connectivity index (χ3v) is 4.53. The molecule has 0 aliphatic heterocycles. The largest absolute Gasteiger partial charge is 0.484 e. The van der Waals surface area contributed by atoms with Gasteiger partial charge in [0.1, 0.15) is 11.6 Å². The lowest BCUT2D eigenvalue weighted by molar-refractivity contribution is -0.118. The second-order valence-electron chi connectivity index (χ2n) is 6.97. The summed E-state index contributed by atoms with van der Waals surface area (Å²) in [4.78, 5) is 24.6. The first-order chi connectivity index (χ1) is 13.8. The van der Waals surface area contributed by atoms with Gasteiger partial charge in [0.05, 0.1) is 0 Å². The highest BCUT2D eigenvalue weighted by Crippen LogP contribution is 2.22. The number of ketones is 1. The summed E-state index contributed by atoms with van der Waals surface area (Å²) >= 11 is 0. The van der Waals surface area contributed by atoms with Crippen molar-refractivity contribution in [2.24, 2.45) is 0 Å². The minimum atomic E-state index is -0.389. The first-order valence-corrected chi connectivity index (χ1v) is 9.24. The van der Waals surface area contributed by atoms with Crippen LogP contribution in [0.2, 0.25) is 0 Å². The summed E-state index contributed by atoms with van der Waals surface area (Å²) in [6.45, 7) is 5.78. The van der Waals surface area contributed by atoms with Crippen LogP contribution in [0.1, 0.15) is 32.6 Å². The number of halogens is 1. The van der Waals surface area contributed by atoms with Crippen molar-refractivity contribution in [3.8, 4) is 5.75 Å². The van der Waals surface area contributed by atoms with Crippen LogP contribution in [0.25, 0.3) is 0 Å². The maximum Gasteiger partial charge on any atom is 0.262 e. The Kier molecular flexibility index (Phi) is 6.07. The molecule has 0 spiro atoms. The van der Waals surface area contributed by atoms with E-state index >= 15 is 0 Å². The summed E-state index contributed by atoms with van der Waals surface area (Å²) in [5.74, 6) is -0.376. The van der Waals surface area contributed by atoms with Crippen molar-refractivity contribution >= 4 is 17.4 Å². The second-order valence-corrected chi connectivity index (χ2v) is 6.97. The van der Waals surface area contributed by atoms with E-state index in [1.807, 2.05) is 32.9 Å². The van der Waals surface area contributed by atoms with Crippen molar-refractivity contribution in [2.75, 3.05) is 11.9 Å². The lowest BCUT2D eigenvalue weighted by atomic mass is 10.0. The fourth-order valence-electron chi connectivity index (χ4n) is 3.17. The number of nitrogens with one attached hydrogen (secondary N) is 1. The van der Waals surface area contributed by atoms with E-state index in [2.05, 4.69) is 5.32 Å². The van der Waals surface area contributed by atoms with Gasteiger partial charge in [-0.15, -0.1) is 0 Å². The molecule has 0 saturated carbocycles. The predicted octanol–water partition coefficient (Wildman–Crippen LogP) is 5.00. The van der Waals surface area contributed by atoms with Gasteiger partial charge in [0.15, 0.2) is 12.4 Å². The number of carbonyl (C=O) groups is 2. The Balaban J connectivity index is 1.59. The molecule has 0 radical (unpaired) electrons. The highest BCUT2D eigenvalue weighted by atomic mass is 19.1. The summed E-state index contributed by atoms with van der Waals surface area (Å²) in [5.41, 5.74) is 4.80. The van der Waals surface area contributed by atoms with Gasteiger partial charge in [-0.1, -0.05) is 17.7 Å². The third-order valence-electron chi connectivity index (χ3n) is 4.53. The second kappa shape index (κ2) is 8.69. The van der Waals surface area contributed by atoms with Crippen LogP contribution in [0.4, 0.5) is 10.1 Å². The van der Waals surface area contributed by atoms with Gasteiger partial charge in [0.25, 0.3) is 5.91 Å². The molecule has 0 aromatic heterocycles. The van der Waals surface area contributed by atoms with Crippen LogP contribution in [-0.4, -0.2) is 18.3 Å². The minimum absolute atomic E-state index is 0.141. The van der Waals surface area contributed by atoms with Crippen LogP contribution in [0.5, 0.6) is 5.75 Å². The fourth-order valence-corrected chi connectivity index (χ4v) is 3.17. The maximum atomic E-state index is 13.0. The molecule has 0 saturated heterocycles. The van der Waals surface area contributed by atoms with Crippen molar-refractivity contribution in [1.82, 2.24) is 0 Å². The molecule has 0 bridgehead atoms. The Bertz CT molecular complexity index is 1020. The Labute approximate surface area is 169 Å². The summed E-state index contributed by atoms with van der Waals surface area (Å²) in [5, 5.41) is 2.88. The van der Waals surface area contributed by atoms with Gasteiger partial charge in [-0.05, 0) is 80.4 Å². The van der Waals surface area contributed by atoms with Crippen molar-refractivity contribution in [3.63, 3.8) is 0 Å². The van der Waals surface area contributed by atoms with Gasteiger partial charge in [-0.3, -0.25) is 9.59 Å². The van der Waals surface area contributed by atoms with E-state index in [1.54, 1.807) is 24.3 Å². The van der Waals surface area contributed by atoms with Crippen LogP contribution >= 0.6 is 0 Å². The number of anilines is 1. The predicted molar refractivity (Wildman–Crippen MR) is 111 cm³/mol. The van der Waals surface area contributed by atoms with Crippen LogP contribution in [0, 0.1) is 26.6 Å². The molecule has 0 fully saturated rings. The molecule has 3 aromatic carbocycles. The standard InChI is InChI=1S/C24H22FNO3/c1-15-12-16(2)23(17(3)13-15)26-22(27)14-29-21-10-6-19(7-11-21)24(28)18-4-8-20(25)9-5-18/h4-13H,14H2,1-3H3,(H,26,27). The van der Waals surface area contributed by atoms with Crippen molar-refractivity contribution in [1.29, 1.82) is 0 Å². The quantitative estimate of drug-likeness (QED) is 0.602. The maximum absolute atomic E-state index is 13.0. The number of hydrogen-bond donors (Lipinski definition) is 1. The molecule has 1 amide bonds. The number of carbonyl (C=O) groups excluding carboxylic acids is 2. The van der Waals surface area contributed by atoms with Crippen molar-refractivity contribution in [2.45, 2.75) is 20.8 Å². The third kappa shape index (κ3) is 5.08.